The number of rotatable bonds is 17. The molecule has 0 spiro atoms. The van der Waals surface area contributed by atoms with Crippen molar-refractivity contribution in [3.63, 3.8) is 0 Å². The van der Waals surface area contributed by atoms with Crippen LogP contribution in [0.15, 0.2) is 63.6 Å². The molecule has 0 fully saturated rings. The van der Waals surface area contributed by atoms with Gasteiger partial charge in [0, 0.05) is 37.4 Å². The number of carbonyl (C=O) groups excluding carboxylic acids is 6. The lowest BCUT2D eigenvalue weighted by molar-refractivity contribution is -0.136. The van der Waals surface area contributed by atoms with Gasteiger partial charge in [0.2, 0.25) is 17.6 Å². The third kappa shape index (κ3) is 12.0. The van der Waals surface area contributed by atoms with Gasteiger partial charge in [-0.3, -0.25) is 34.3 Å². The number of allylic oxidation sites excluding steroid dienone is 3. The van der Waals surface area contributed by atoms with Crippen molar-refractivity contribution in [1.82, 2.24) is 25.5 Å². The van der Waals surface area contributed by atoms with Gasteiger partial charge in [0.05, 0.1) is 6.20 Å². The summed E-state index contributed by atoms with van der Waals surface area (Å²) >= 11 is 0. The average molecular weight is 796 g/mol. The summed E-state index contributed by atoms with van der Waals surface area (Å²) in [5.41, 5.74) is 0.732. The second-order valence-corrected chi connectivity index (χ2v) is 14.1. The zero-order valence-corrected chi connectivity index (χ0v) is 32.1. The summed E-state index contributed by atoms with van der Waals surface area (Å²) in [6, 6.07) is 3.45. The number of aromatic nitrogens is 2. The van der Waals surface area contributed by atoms with E-state index in [1.807, 2.05) is 19.9 Å². The Balaban J connectivity index is 1.53. The first-order valence-electron chi connectivity index (χ1n) is 18.8. The lowest BCUT2D eigenvalue weighted by atomic mass is 9.73. The monoisotopic (exact) mass is 795 g/mol. The lowest BCUT2D eigenvalue weighted by Crippen LogP contribution is -2.42. The fourth-order valence-electron chi connectivity index (χ4n) is 6.63. The summed E-state index contributed by atoms with van der Waals surface area (Å²) in [6.45, 7) is 9.98. The number of Topliss-reactive ketones (excluding diaryl/α,β-unsaturated/α-hetero) is 1. The SMILES string of the molecule is C=C(C)[C@@H]1CCC(C)=C[C@H]1c1c(OC(=O)NCCCC(=O)C2C=C(F)C(=O)NC2=O)cc(CCCCC)cc1OC(=O)NCCCC(=O)n1cc(F)c(=O)[nH]c1=O. The normalized spacial score (nSPS) is 17.8. The first-order chi connectivity index (χ1) is 27.1. The molecule has 3 atom stereocenters. The molecule has 1 aromatic heterocycles. The molecule has 17 heteroatoms. The van der Waals surface area contributed by atoms with Crippen LogP contribution in [0.4, 0.5) is 18.4 Å². The van der Waals surface area contributed by atoms with E-state index in [9.17, 15) is 47.1 Å². The Hall–Kier alpha value is -6.00. The number of hydrogen-bond acceptors (Lipinski definition) is 10. The van der Waals surface area contributed by atoms with Crippen LogP contribution in [0.2, 0.25) is 0 Å². The van der Waals surface area contributed by atoms with Crippen LogP contribution >= 0.6 is 0 Å². The Morgan fingerprint density at radius 3 is 2.18 bits per heavy atom. The van der Waals surface area contributed by atoms with Crippen LogP contribution in [0.1, 0.15) is 100 Å². The lowest BCUT2D eigenvalue weighted by Gasteiger charge is -2.32. The predicted molar refractivity (Wildman–Crippen MR) is 203 cm³/mol. The number of nitrogens with one attached hydrogen (secondary N) is 4. The van der Waals surface area contributed by atoms with E-state index in [-0.39, 0.29) is 56.2 Å². The molecule has 1 aromatic carbocycles. The third-order valence-electron chi connectivity index (χ3n) is 9.62. The molecular weight excluding hydrogens is 748 g/mol. The topological polar surface area (TPSA) is 212 Å². The maximum Gasteiger partial charge on any atom is 0.412 e. The zero-order chi connectivity index (χ0) is 41.8. The van der Waals surface area contributed by atoms with Crippen LogP contribution in [-0.2, 0) is 20.8 Å². The van der Waals surface area contributed by atoms with Gasteiger partial charge in [0.25, 0.3) is 11.5 Å². The number of H-pyrrole nitrogens is 1. The number of benzene rings is 1. The standard InChI is InChI=1S/C40H47F2N5O10/c1-5-6-7-10-24-18-31(56-39(54)43-15-8-11-30(48)27-20-28(41)36(51)45-35(27)50)34(26-17-23(4)13-14-25(26)22(2)3)32(19-24)57-40(55)44-16-9-12-33(49)47-21-29(42)37(52)46-38(47)53/h17-21,25-27H,2,5-16H2,1,3-4H3,(H,43,54)(H,44,55)(H,45,50,51)(H,46,52,53)/t25-,26+,27?/m0/s1. The fraction of sp³-hybridized carbons (Fsp3) is 0.450. The minimum atomic E-state index is -1.46. The number of unbranched alkanes of at least 4 members (excludes halogenated alkanes) is 2. The summed E-state index contributed by atoms with van der Waals surface area (Å²) in [5, 5.41) is 6.95. The van der Waals surface area contributed by atoms with Crippen molar-refractivity contribution >= 4 is 35.7 Å². The number of nitrogens with zero attached hydrogens (tertiary/aromatic N) is 1. The van der Waals surface area contributed by atoms with E-state index in [0.717, 1.165) is 48.8 Å². The summed E-state index contributed by atoms with van der Waals surface area (Å²) in [7, 11) is 0. The van der Waals surface area contributed by atoms with E-state index >= 15 is 0 Å². The molecule has 0 bridgehead atoms. The highest BCUT2D eigenvalue weighted by atomic mass is 19.1. The first kappa shape index (κ1) is 43.7. The number of halogens is 2. The highest BCUT2D eigenvalue weighted by Gasteiger charge is 2.34. The van der Waals surface area contributed by atoms with Crippen molar-refractivity contribution in [2.24, 2.45) is 11.8 Å². The third-order valence-corrected chi connectivity index (χ3v) is 9.62. The van der Waals surface area contributed by atoms with Gasteiger partial charge in [-0.05, 0) is 82.1 Å². The largest absolute Gasteiger partial charge is 0.412 e. The Labute approximate surface area is 327 Å². The number of ether oxygens (including phenoxy) is 2. The second kappa shape index (κ2) is 20.2. The number of aromatic amines is 1. The first-order valence-corrected chi connectivity index (χ1v) is 18.8. The Kier molecular flexibility index (Phi) is 15.5. The van der Waals surface area contributed by atoms with E-state index in [2.05, 4.69) is 24.1 Å². The van der Waals surface area contributed by atoms with Gasteiger partial charge in [-0.1, -0.05) is 43.6 Å². The minimum Gasteiger partial charge on any atom is -0.410 e. The van der Waals surface area contributed by atoms with Crippen molar-refractivity contribution < 1.29 is 47.0 Å². The molecule has 4 N–H and O–H groups in total. The molecule has 0 radical (unpaired) electrons. The molecule has 15 nitrogen and oxygen atoms in total. The van der Waals surface area contributed by atoms with Crippen LogP contribution < -0.4 is 36.7 Å². The minimum absolute atomic E-state index is 0.0363. The number of imide groups is 1. The molecular formula is C40H47F2N5O10. The molecule has 1 aliphatic carbocycles. The van der Waals surface area contributed by atoms with E-state index in [1.165, 1.54) is 0 Å². The molecule has 4 amide bonds. The quantitative estimate of drug-likeness (QED) is 0.0712. The highest BCUT2D eigenvalue weighted by molar-refractivity contribution is 6.14. The summed E-state index contributed by atoms with van der Waals surface area (Å²) in [6.07, 6.45) is 5.83. The fourth-order valence-corrected chi connectivity index (χ4v) is 6.63. The molecule has 1 aliphatic heterocycles. The molecule has 4 rings (SSSR count). The maximum absolute atomic E-state index is 13.7. The Morgan fingerprint density at radius 2 is 1.56 bits per heavy atom. The predicted octanol–water partition coefficient (Wildman–Crippen LogP) is 5.20. The molecule has 2 heterocycles. The molecule has 1 unspecified atom stereocenters. The summed E-state index contributed by atoms with van der Waals surface area (Å²) < 4.78 is 39.6. The smallest absolute Gasteiger partial charge is 0.410 e. The number of carbonyl (C=O) groups is 6. The molecule has 0 saturated heterocycles. The van der Waals surface area contributed by atoms with Gasteiger partial charge >= 0.3 is 17.9 Å². The van der Waals surface area contributed by atoms with E-state index in [1.54, 1.807) is 22.4 Å². The number of aryl methyl sites for hydroxylation is 1. The highest BCUT2D eigenvalue weighted by Crippen LogP contribution is 2.47. The van der Waals surface area contributed by atoms with Gasteiger partial charge < -0.3 is 20.1 Å². The van der Waals surface area contributed by atoms with Crippen LogP contribution in [0.25, 0.3) is 0 Å². The van der Waals surface area contributed by atoms with Gasteiger partial charge in [-0.2, -0.15) is 4.39 Å². The molecule has 2 aromatic rings. The van der Waals surface area contributed by atoms with Crippen LogP contribution in [0, 0.1) is 17.7 Å². The Bertz CT molecular complexity index is 2100. The van der Waals surface area contributed by atoms with Crippen molar-refractivity contribution in [2.75, 3.05) is 13.1 Å². The number of hydrogen-bond donors (Lipinski definition) is 4. The number of amides is 4. The maximum atomic E-state index is 13.7. The second-order valence-electron chi connectivity index (χ2n) is 14.1. The Morgan fingerprint density at radius 1 is 0.930 bits per heavy atom. The van der Waals surface area contributed by atoms with Gasteiger partial charge in [-0.25, -0.2) is 23.3 Å². The van der Waals surface area contributed by atoms with E-state index in [0.29, 0.717) is 28.8 Å². The average Bonchev–Trinajstić information content (AvgIpc) is 3.14. The summed E-state index contributed by atoms with van der Waals surface area (Å²) in [4.78, 5) is 99.9. The van der Waals surface area contributed by atoms with Gasteiger partial charge in [0.15, 0.2) is 5.83 Å². The molecule has 57 heavy (non-hydrogen) atoms. The van der Waals surface area contributed by atoms with Crippen molar-refractivity contribution in [3.05, 3.63) is 91.8 Å². The number of ketones is 1. The molecule has 306 valence electrons. The van der Waals surface area contributed by atoms with Crippen LogP contribution in [0.3, 0.4) is 0 Å². The van der Waals surface area contributed by atoms with Crippen LogP contribution in [0.5, 0.6) is 11.5 Å². The summed E-state index contributed by atoms with van der Waals surface area (Å²) in [5.74, 6) is -7.82. The van der Waals surface area contributed by atoms with E-state index < -0.39 is 70.4 Å². The van der Waals surface area contributed by atoms with Crippen molar-refractivity contribution in [2.45, 2.75) is 90.9 Å². The van der Waals surface area contributed by atoms with E-state index in [4.69, 9.17) is 9.47 Å². The van der Waals surface area contributed by atoms with Crippen molar-refractivity contribution in [3.8, 4) is 11.5 Å². The van der Waals surface area contributed by atoms with Gasteiger partial charge in [0.1, 0.15) is 23.2 Å². The molecule has 0 saturated carbocycles. The van der Waals surface area contributed by atoms with Gasteiger partial charge in [-0.15, -0.1) is 0 Å². The van der Waals surface area contributed by atoms with Crippen LogP contribution in [-0.4, -0.2) is 58.3 Å². The van der Waals surface area contributed by atoms with Crippen molar-refractivity contribution in [1.29, 1.82) is 0 Å². The molecule has 2 aliphatic rings. The zero-order valence-electron chi connectivity index (χ0n) is 32.1.